The standard InChI is InChI=1S/C18H15BrN4O3/c19-12-3-4-14-11(7-12)8-13(18(25)26-14)17(24)22-15-9-16(21-10-20-15)23-5-1-2-6-23/h3-4,7-10H,1-2,5-6H2,(H,20,21,22,24). The van der Waals surface area contributed by atoms with Crippen LogP contribution in [0.1, 0.15) is 23.2 Å². The third kappa shape index (κ3) is 3.32. The molecule has 0 aliphatic carbocycles. The Balaban J connectivity index is 1.62. The van der Waals surface area contributed by atoms with Gasteiger partial charge in [0.2, 0.25) is 0 Å². The lowest BCUT2D eigenvalue weighted by Crippen LogP contribution is -2.22. The molecule has 1 aliphatic rings. The van der Waals surface area contributed by atoms with Crippen LogP contribution in [0.15, 0.2) is 50.3 Å². The summed E-state index contributed by atoms with van der Waals surface area (Å²) in [5.74, 6) is 0.551. The van der Waals surface area contributed by atoms with E-state index >= 15 is 0 Å². The first-order chi connectivity index (χ1) is 12.6. The minimum absolute atomic E-state index is 0.0723. The summed E-state index contributed by atoms with van der Waals surface area (Å²) in [6.07, 6.45) is 3.65. The Morgan fingerprint density at radius 3 is 2.77 bits per heavy atom. The van der Waals surface area contributed by atoms with Gasteiger partial charge in [0.05, 0.1) is 0 Å². The maximum Gasteiger partial charge on any atom is 0.349 e. The van der Waals surface area contributed by atoms with Crippen molar-refractivity contribution in [2.24, 2.45) is 0 Å². The van der Waals surface area contributed by atoms with Crippen LogP contribution in [0.5, 0.6) is 0 Å². The third-order valence-corrected chi connectivity index (χ3v) is 4.76. The highest BCUT2D eigenvalue weighted by atomic mass is 79.9. The Bertz CT molecular complexity index is 1040. The predicted octanol–water partition coefficient (Wildman–Crippen LogP) is 3.20. The van der Waals surface area contributed by atoms with Gasteiger partial charge in [-0.2, -0.15) is 0 Å². The molecule has 0 saturated carbocycles. The normalized spacial score (nSPS) is 14.0. The predicted molar refractivity (Wildman–Crippen MR) is 102 cm³/mol. The van der Waals surface area contributed by atoms with Crippen molar-refractivity contribution in [2.75, 3.05) is 23.3 Å². The number of hydrogen-bond donors (Lipinski definition) is 1. The van der Waals surface area contributed by atoms with E-state index in [9.17, 15) is 9.59 Å². The molecular formula is C18H15BrN4O3. The summed E-state index contributed by atoms with van der Waals surface area (Å²) in [7, 11) is 0. The molecule has 2 aromatic heterocycles. The maximum absolute atomic E-state index is 12.5. The van der Waals surface area contributed by atoms with E-state index in [1.807, 2.05) is 0 Å². The van der Waals surface area contributed by atoms with Crippen LogP contribution >= 0.6 is 15.9 Å². The first-order valence-electron chi connectivity index (χ1n) is 8.22. The van der Waals surface area contributed by atoms with Crippen LogP contribution in [-0.4, -0.2) is 29.0 Å². The smallest absolute Gasteiger partial charge is 0.349 e. The number of carbonyl (C=O) groups is 1. The molecule has 1 N–H and O–H groups in total. The number of halogens is 1. The fourth-order valence-corrected chi connectivity index (χ4v) is 3.35. The first kappa shape index (κ1) is 16.7. The number of rotatable bonds is 3. The van der Waals surface area contributed by atoms with Gasteiger partial charge in [0.25, 0.3) is 5.91 Å². The van der Waals surface area contributed by atoms with Crippen LogP contribution in [0.25, 0.3) is 11.0 Å². The fourth-order valence-electron chi connectivity index (χ4n) is 2.97. The van der Waals surface area contributed by atoms with Crippen LogP contribution in [0, 0.1) is 0 Å². The van der Waals surface area contributed by atoms with Crippen molar-refractivity contribution in [1.82, 2.24) is 9.97 Å². The second-order valence-electron chi connectivity index (χ2n) is 6.04. The number of nitrogens with one attached hydrogen (secondary N) is 1. The summed E-state index contributed by atoms with van der Waals surface area (Å²) < 4.78 is 6.06. The summed E-state index contributed by atoms with van der Waals surface area (Å²) in [4.78, 5) is 35.1. The SMILES string of the molecule is O=C(Nc1cc(N2CCCC2)ncn1)c1cc2cc(Br)ccc2oc1=O. The highest BCUT2D eigenvalue weighted by molar-refractivity contribution is 9.10. The number of hydrogen-bond acceptors (Lipinski definition) is 6. The number of aromatic nitrogens is 2. The van der Waals surface area contributed by atoms with Crippen LogP contribution < -0.4 is 15.8 Å². The maximum atomic E-state index is 12.5. The molecule has 26 heavy (non-hydrogen) atoms. The number of carbonyl (C=O) groups excluding carboxylic acids is 1. The van der Waals surface area contributed by atoms with Crippen LogP contribution in [0.3, 0.4) is 0 Å². The number of nitrogens with zero attached hydrogens (tertiary/aromatic N) is 3. The van der Waals surface area contributed by atoms with Crippen molar-refractivity contribution in [1.29, 1.82) is 0 Å². The molecule has 0 unspecified atom stereocenters. The largest absolute Gasteiger partial charge is 0.422 e. The van der Waals surface area contributed by atoms with E-state index in [0.29, 0.717) is 16.8 Å². The minimum Gasteiger partial charge on any atom is -0.422 e. The molecule has 132 valence electrons. The molecular weight excluding hydrogens is 400 g/mol. The van der Waals surface area contributed by atoms with Crippen molar-refractivity contribution < 1.29 is 9.21 Å². The molecule has 8 heteroatoms. The molecule has 3 heterocycles. The van der Waals surface area contributed by atoms with E-state index in [2.05, 4.69) is 36.1 Å². The summed E-state index contributed by atoms with van der Waals surface area (Å²) in [6.45, 7) is 1.88. The average molecular weight is 415 g/mol. The van der Waals surface area contributed by atoms with Gasteiger partial charge in [0.1, 0.15) is 29.1 Å². The lowest BCUT2D eigenvalue weighted by molar-refractivity contribution is 0.102. The summed E-state index contributed by atoms with van der Waals surface area (Å²) in [5.41, 5.74) is -0.337. The van der Waals surface area contributed by atoms with Gasteiger partial charge < -0.3 is 14.6 Å². The molecule has 0 radical (unpaired) electrons. The summed E-state index contributed by atoms with van der Waals surface area (Å²) in [6, 6.07) is 8.46. The van der Waals surface area contributed by atoms with Gasteiger partial charge in [0.15, 0.2) is 0 Å². The summed E-state index contributed by atoms with van der Waals surface area (Å²) in [5, 5.41) is 3.31. The van der Waals surface area contributed by atoms with Gasteiger partial charge in [-0.05, 0) is 37.1 Å². The number of anilines is 2. The van der Waals surface area contributed by atoms with Gasteiger partial charge in [-0.25, -0.2) is 14.8 Å². The molecule has 7 nitrogen and oxygen atoms in total. The highest BCUT2D eigenvalue weighted by Crippen LogP contribution is 2.21. The zero-order chi connectivity index (χ0) is 18.1. The quantitative estimate of drug-likeness (QED) is 0.661. The first-order valence-corrected chi connectivity index (χ1v) is 9.01. The Labute approximate surface area is 157 Å². The number of benzene rings is 1. The molecule has 1 aliphatic heterocycles. The summed E-state index contributed by atoms with van der Waals surface area (Å²) >= 11 is 3.36. The average Bonchev–Trinajstić information content (AvgIpc) is 3.16. The van der Waals surface area contributed by atoms with E-state index in [0.717, 1.165) is 36.2 Å². The van der Waals surface area contributed by atoms with Gasteiger partial charge in [-0.1, -0.05) is 15.9 Å². The van der Waals surface area contributed by atoms with Gasteiger partial charge >= 0.3 is 5.63 Å². The van der Waals surface area contributed by atoms with E-state index in [1.54, 1.807) is 24.3 Å². The van der Waals surface area contributed by atoms with Gasteiger partial charge in [-0.3, -0.25) is 4.79 Å². The molecule has 1 fully saturated rings. The molecule has 0 atom stereocenters. The highest BCUT2D eigenvalue weighted by Gasteiger charge is 2.17. The Kier molecular flexibility index (Phi) is 4.42. The molecule has 1 amide bonds. The van der Waals surface area contributed by atoms with Crippen molar-refractivity contribution in [2.45, 2.75) is 12.8 Å². The zero-order valence-corrected chi connectivity index (χ0v) is 15.3. The van der Waals surface area contributed by atoms with E-state index < -0.39 is 11.5 Å². The number of amides is 1. The molecule has 1 saturated heterocycles. The van der Waals surface area contributed by atoms with Crippen LogP contribution in [0.4, 0.5) is 11.6 Å². The number of fused-ring (bicyclic) bond motifs is 1. The van der Waals surface area contributed by atoms with Gasteiger partial charge in [0, 0.05) is 29.0 Å². The lowest BCUT2D eigenvalue weighted by Gasteiger charge is -2.16. The topological polar surface area (TPSA) is 88.3 Å². The second-order valence-corrected chi connectivity index (χ2v) is 6.96. The van der Waals surface area contributed by atoms with E-state index in [1.165, 1.54) is 12.4 Å². The fraction of sp³-hybridized carbons (Fsp3) is 0.222. The zero-order valence-electron chi connectivity index (χ0n) is 13.7. The van der Waals surface area contributed by atoms with Crippen molar-refractivity contribution in [3.05, 3.63) is 57.1 Å². The van der Waals surface area contributed by atoms with Crippen LogP contribution in [-0.2, 0) is 0 Å². The Morgan fingerprint density at radius 2 is 1.96 bits per heavy atom. The van der Waals surface area contributed by atoms with Crippen molar-refractivity contribution in [3.63, 3.8) is 0 Å². The molecule has 4 rings (SSSR count). The lowest BCUT2D eigenvalue weighted by atomic mass is 10.2. The minimum atomic E-state index is -0.689. The Hall–Kier alpha value is -2.74. The third-order valence-electron chi connectivity index (χ3n) is 4.26. The molecule has 3 aromatic rings. The molecule has 0 bridgehead atoms. The molecule has 0 spiro atoms. The van der Waals surface area contributed by atoms with E-state index in [-0.39, 0.29) is 5.56 Å². The second kappa shape index (κ2) is 6.87. The van der Waals surface area contributed by atoms with Crippen LogP contribution in [0.2, 0.25) is 0 Å². The monoisotopic (exact) mass is 414 g/mol. The van der Waals surface area contributed by atoms with Crippen molar-refractivity contribution >= 4 is 44.4 Å². The Morgan fingerprint density at radius 1 is 1.15 bits per heavy atom. The van der Waals surface area contributed by atoms with E-state index in [4.69, 9.17) is 4.42 Å². The van der Waals surface area contributed by atoms with Crippen molar-refractivity contribution in [3.8, 4) is 0 Å². The molecule has 1 aromatic carbocycles. The van der Waals surface area contributed by atoms with Gasteiger partial charge in [-0.15, -0.1) is 0 Å².